The Labute approximate surface area is 322 Å². The zero-order valence-corrected chi connectivity index (χ0v) is 33.2. The highest BCUT2D eigenvalue weighted by molar-refractivity contribution is 6.32. The van der Waals surface area contributed by atoms with Crippen molar-refractivity contribution in [1.29, 1.82) is 0 Å². The molecule has 0 saturated carbocycles. The second-order valence-corrected chi connectivity index (χ2v) is 17.4. The van der Waals surface area contributed by atoms with Crippen LogP contribution in [0.4, 0.5) is 9.59 Å². The highest BCUT2D eigenvalue weighted by atomic mass is 35.5. The lowest BCUT2D eigenvalue weighted by atomic mass is 10.0. The summed E-state index contributed by atoms with van der Waals surface area (Å²) in [7, 11) is 1.35. The number of amides is 2. The van der Waals surface area contributed by atoms with Crippen LogP contribution in [-0.2, 0) is 27.3 Å². The van der Waals surface area contributed by atoms with E-state index in [9.17, 15) is 19.2 Å². The zero-order chi connectivity index (χ0) is 38.8. The van der Waals surface area contributed by atoms with Gasteiger partial charge in [-0.25, -0.2) is 19.2 Å². The van der Waals surface area contributed by atoms with E-state index in [2.05, 4.69) is 9.80 Å². The van der Waals surface area contributed by atoms with E-state index in [1.807, 2.05) is 57.4 Å². The van der Waals surface area contributed by atoms with Gasteiger partial charge in [-0.05, 0) is 101 Å². The quantitative estimate of drug-likeness (QED) is 0.248. The van der Waals surface area contributed by atoms with Crippen LogP contribution in [0, 0.1) is 23.7 Å². The summed E-state index contributed by atoms with van der Waals surface area (Å²) < 4.78 is 15.7. The maximum atomic E-state index is 12.3. The largest absolute Gasteiger partial charge is 0.478 e. The lowest BCUT2D eigenvalue weighted by Gasteiger charge is -2.26. The molecule has 4 aliphatic rings. The highest BCUT2D eigenvalue weighted by Gasteiger charge is 2.44. The van der Waals surface area contributed by atoms with Gasteiger partial charge < -0.3 is 29.1 Å². The molecule has 2 aromatic rings. The van der Waals surface area contributed by atoms with Crippen molar-refractivity contribution in [2.45, 2.75) is 65.8 Å². The third-order valence-electron chi connectivity index (χ3n) is 9.99. The predicted octanol–water partition coefficient (Wildman–Crippen LogP) is 6.76. The first-order chi connectivity index (χ1) is 24.8. The molecule has 4 unspecified atom stereocenters. The summed E-state index contributed by atoms with van der Waals surface area (Å²) in [4.78, 5) is 55.4. The fraction of sp³-hybridized carbons (Fsp3) is 0.590. The molecule has 0 aliphatic carbocycles. The van der Waals surface area contributed by atoms with Crippen molar-refractivity contribution in [3.05, 3.63) is 68.7 Å². The maximum Gasteiger partial charge on any atom is 0.410 e. The van der Waals surface area contributed by atoms with E-state index in [1.165, 1.54) is 13.2 Å². The van der Waals surface area contributed by atoms with Gasteiger partial charge >= 0.3 is 24.1 Å². The molecule has 0 radical (unpaired) electrons. The molecular weight excluding hydrogens is 723 g/mol. The van der Waals surface area contributed by atoms with Gasteiger partial charge in [0.15, 0.2) is 0 Å². The van der Waals surface area contributed by atoms with Crippen molar-refractivity contribution in [3.8, 4) is 0 Å². The minimum atomic E-state index is -0.976. The number of benzene rings is 2. The van der Waals surface area contributed by atoms with E-state index in [0.717, 1.165) is 70.0 Å². The third kappa shape index (κ3) is 10.8. The van der Waals surface area contributed by atoms with Crippen molar-refractivity contribution >= 4 is 47.3 Å². The van der Waals surface area contributed by atoms with Crippen LogP contribution in [0.1, 0.15) is 73.4 Å². The van der Waals surface area contributed by atoms with Gasteiger partial charge in [-0.3, -0.25) is 9.80 Å². The monoisotopic (exact) mass is 774 g/mol. The smallest absolute Gasteiger partial charge is 0.410 e. The Morgan fingerprint density at radius 1 is 0.642 bits per heavy atom. The summed E-state index contributed by atoms with van der Waals surface area (Å²) in [6.45, 7) is 19.3. The van der Waals surface area contributed by atoms with Gasteiger partial charge in [0.25, 0.3) is 0 Å². The Bertz CT molecular complexity index is 1660. The van der Waals surface area contributed by atoms with Crippen molar-refractivity contribution in [1.82, 2.24) is 19.6 Å². The summed E-state index contributed by atoms with van der Waals surface area (Å²) in [5.74, 6) is 0.452. The van der Waals surface area contributed by atoms with Gasteiger partial charge in [-0.2, -0.15) is 0 Å². The standard InChI is InChI=1S/C20H27ClN2O4.C19H25ClN2O4/c1-20(2,3)27-19(25)23-11-15-9-22(10-16(15)12-23)8-14-6-5-13(7-17(14)21)18(24)26-4;1-19(2,3)26-18(25)22-10-14-8-21(9-15(14)11-22)7-13-5-4-12(17(23)24)6-16(13)20/h5-7,15-16H,8-12H2,1-4H3;4-6,14-15H,7-11H2,1-3H3,(H,23,24). The van der Waals surface area contributed by atoms with E-state index < -0.39 is 17.2 Å². The third-order valence-corrected chi connectivity index (χ3v) is 10.7. The molecule has 53 heavy (non-hydrogen) atoms. The first-order valence-corrected chi connectivity index (χ1v) is 18.8. The molecule has 2 aromatic carbocycles. The molecule has 0 spiro atoms. The number of carboxylic acid groups (broad SMARTS) is 1. The van der Waals surface area contributed by atoms with E-state index in [-0.39, 0.29) is 23.7 Å². The maximum absolute atomic E-state index is 12.3. The van der Waals surface area contributed by atoms with Crippen LogP contribution in [0.15, 0.2) is 36.4 Å². The molecule has 4 aliphatic heterocycles. The van der Waals surface area contributed by atoms with Crippen molar-refractivity contribution < 1.29 is 38.5 Å². The van der Waals surface area contributed by atoms with Crippen LogP contribution in [-0.4, -0.2) is 120 Å². The molecule has 290 valence electrons. The first kappa shape index (κ1) is 40.6. The normalized spacial score (nSPS) is 22.9. The number of fused-ring (bicyclic) bond motifs is 2. The molecular formula is C39H52Cl2N4O8. The minimum Gasteiger partial charge on any atom is -0.478 e. The van der Waals surface area contributed by atoms with Gasteiger partial charge in [-0.15, -0.1) is 0 Å². The summed E-state index contributed by atoms with van der Waals surface area (Å²) in [5.41, 5.74) is 1.64. The molecule has 2 amide bonds. The van der Waals surface area contributed by atoms with E-state index in [0.29, 0.717) is 45.8 Å². The van der Waals surface area contributed by atoms with Crippen LogP contribution in [0.25, 0.3) is 0 Å². The second kappa shape index (κ2) is 16.4. The summed E-state index contributed by atoms with van der Waals surface area (Å²) in [6.07, 6.45) is -0.448. The Morgan fingerprint density at radius 3 is 1.32 bits per heavy atom. The number of halogens is 2. The fourth-order valence-corrected chi connectivity index (χ4v) is 8.08. The molecule has 4 fully saturated rings. The molecule has 4 heterocycles. The number of carboxylic acids is 1. The lowest BCUT2D eigenvalue weighted by Crippen LogP contribution is -2.37. The first-order valence-electron chi connectivity index (χ1n) is 18.1. The number of carbonyl (C=O) groups excluding carboxylic acids is 3. The highest BCUT2D eigenvalue weighted by Crippen LogP contribution is 2.35. The van der Waals surface area contributed by atoms with Gasteiger partial charge in [0.05, 0.1) is 18.2 Å². The van der Waals surface area contributed by atoms with E-state index in [4.69, 9.17) is 42.5 Å². The summed E-state index contributed by atoms with van der Waals surface area (Å²) >= 11 is 12.6. The molecule has 0 aromatic heterocycles. The number of ether oxygens (including phenoxy) is 3. The number of hydrogen-bond donors (Lipinski definition) is 1. The van der Waals surface area contributed by atoms with Crippen molar-refractivity contribution in [2.24, 2.45) is 23.7 Å². The molecule has 12 nitrogen and oxygen atoms in total. The fourth-order valence-electron chi connectivity index (χ4n) is 7.60. The number of carbonyl (C=O) groups is 4. The van der Waals surface area contributed by atoms with Gasteiger partial charge in [0.1, 0.15) is 11.2 Å². The summed E-state index contributed by atoms with van der Waals surface area (Å²) in [6, 6.07) is 10.2. The minimum absolute atomic E-state index is 0.199. The number of esters is 1. The number of rotatable bonds is 6. The number of methoxy groups -OCH3 is 1. The van der Waals surface area contributed by atoms with Crippen LogP contribution in [0.5, 0.6) is 0 Å². The zero-order valence-electron chi connectivity index (χ0n) is 31.7. The van der Waals surface area contributed by atoms with Crippen molar-refractivity contribution in [3.63, 3.8) is 0 Å². The van der Waals surface area contributed by atoms with Crippen LogP contribution in [0.3, 0.4) is 0 Å². The molecule has 14 heteroatoms. The van der Waals surface area contributed by atoms with Crippen LogP contribution < -0.4 is 0 Å². The lowest BCUT2D eigenvalue weighted by molar-refractivity contribution is 0.0264. The Balaban J connectivity index is 0.000000204. The van der Waals surface area contributed by atoms with E-state index >= 15 is 0 Å². The number of aromatic carboxylic acids is 1. The number of nitrogens with zero attached hydrogens (tertiary/aromatic N) is 4. The molecule has 6 rings (SSSR count). The van der Waals surface area contributed by atoms with Gasteiger partial charge in [0, 0.05) is 75.5 Å². The van der Waals surface area contributed by atoms with Crippen LogP contribution >= 0.6 is 23.2 Å². The van der Waals surface area contributed by atoms with Gasteiger partial charge in [0.2, 0.25) is 0 Å². The molecule has 4 atom stereocenters. The summed E-state index contributed by atoms with van der Waals surface area (Å²) in [5, 5.41) is 10.1. The predicted molar refractivity (Wildman–Crippen MR) is 201 cm³/mol. The SMILES string of the molecule is CC(C)(C)OC(=O)N1CC2CN(Cc3ccc(C(=O)O)cc3Cl)CC2C1.COC(=O)c1ccc(CN2CC3CN(C(=O)OC(C)(C)C)CC3C2)c(Cl)c1. The molecule has 4 saturated heterocycles. The molecule has 0 bridgehead atoms. The Kier molecular flexibility index (Phi) is 12.6. The molecule has 1 N–H and O–H groups in total. The number of hydrogen-bond acceptors (Lipinski definition) is 9. The van der Waals surface area contributed by atoms with Crippen molar-refractivity contribution in [2.75, 3.05) is 59.5 Å². The van der Waals surface area contributed by atoms with E-state index in [1.54, 1.807) is 24.3 Å². The Hall–Kier alpha value is -3.58. The van der Waals surface area contributed by atoms with Gasteiger partial charge in [-0.1, -0.05) is 35.3 Å². The average molecular weight is 776 g/mol. The van der Waals surface area contributed by atoms with Crippen LogP contribution in [0.2, 0.25) is 10.0 Å². The average Bonchev–Trinajstić information content (AvgIpc) is 3.81. The second-order valence-electron chi connectivity index (χ2n) is 16.6. The Morgan fingerprint density at radius 2 is 1.00 bits per heavy atom. The topological polar surface area (TPSA) is 129 Å². The number of likely N-dealkylation sites (tertiary alicyclic amines) is 4.